The van der Waals surface area contributed by atoms with Gasteiger partial charge in [-0.15, -0.1) is 0 Å². The number of aliphatic carboxylic acids is 1. The molecule has 3 N–H and O–H groups in total. The second kappa shape index (κ2) is 9.64. The zero-order chi connectivity index (χ0) is 21.6. The van der Waals surface area contributed by atoms with Gasteiger partial charge in [0.1, 0.15) is 11.4 Å². The van der Waals surface area contributed by atoms with Crippen LogP contribution < -0.4 is 10.1 Å². The molecule has 0 aromatic heterocycles. The number of aliphatic hydroxyl groups is 1. The number of aliphatic imine (C=N–C) groups is 1. The van der Waals surface area contributed by atoms with Crippen LogP contribution in [0.25, 0.3) is 0 Å². The zero-order valence-electron chi connectivity index (χ0n) is 17.3. The van der Waals surface area contributed by atoms with Crippen molar-refractivity contribution in [3.05, 3.63) is 52.9 Å². The van der Waals surface area contributed by atoms with Gasteiger partial charge >= 0.3 is 5.97 Å². The third-order valence-corrected chi connectivity index (χ3v) is 5.64. The Morgan fingerprint density at radius 1 is 1.43 bits per heavy atom. The largest absolute Gasteiger partial charge is 0.493 e. The smallest absolute Gasteiger partial charge is 0.337 e. The van der Waals surface area contributed by atoms with Crippen LogP contribution in [0.4, 0.5) is 0 Å². The van der Waals surface area contributed by atoms with Crippen LogP contribution in [-0.2, 0) is 4.79 Å². The summed E-state index contributed by atoms with van der Waals surface area (Å²) in [5.74, 6) is 6.11. The van der Waals surface area contributed by atoms with Gasteiger partial charge in [0.05, 0.1) is 12.2 Å². The highest BCUT2D eigenvalue weighted by Crippen LogP contribution is 2.34. The predicted molar refractivity (Wildman–Crippen MR) is 117 cm³/mol. The van der Waals surface area contributed by atoms with E-state index >= 15 is 0 Å². The molecule has 0 bridgehead atoms. The number of allylic oxidation sites excluding steroid dienone is 1. The van der Waals surface area contributed by atoms with Gasteiger partial charge in [-0.2, -0.15) is 0 Å². The van der Waals surface area contributed by atoms with Gasteiger partial charge in [-0.05, 0) is 69.5 Å². The summed E-state index contributed by atoms with van der Waals surface area (Å²) < 4.78 is 5.84. The standard InChI is InChI=1S/C24H28N2O4/c1-17(20(23(27)28)8-13-25-2)26-16-19-9-14-30-22-15-18(5-6-21(19)22)7-12-24(29)10-3-4-11-24/h5-6,8,13,15,19,26,29H,2-4,9-11,14,16H2,1H3,(H,27,28)/b13-8-,20-17-/t19-/m1/s1. The van der Waals surface area contributed by atoms with E-state index in [0.717, 1.165) is 49.0 Å². The topological polar surface area (TPSA) is 91.2 Å². The molecule has 1 heterocycles. The minimum atomic E-state index is -1.01. The monoisotopic (exact) mass is 408 g/mol. The average Bonchev–Trinajstić information content (AvgIpc) is 3.17. The van der Waals surface area contributed by atoms with Crippen LogP contribution >= 0.6 is 0 Å². The lowest BCUT2D eigenvalue weighted by atomic mass is 9.91. The van der Waals surface area contributed by atoms with Crippen molar-refractivity contribution >= 4 is 12.7 Å². The molecule has 0 unspecified atom stereocenters. The van der Waals surface area contributed by atoms with Crippen LogP contribution in [0.2, 0.25) is 0 Å². The van der Waals surface area contributed by atoms with Gasteiger partial charge in [-0.1, -0.05) is 17.9 Å². The van der Waals surface area contributed by atoms with E-state index in [-0.39, 0.29) is 11.5 Å². The summed E-state index contributed by atoms with van der Waals surface area (Å²) >= 11 is 0. The summed E-state index contributed by atoms with van der Waals surface area (Å²) in [4.78, 5) is 15.0. The Hall–Kier alpha value is -3.04. The third kappa shape index (κ3) is 5.31. The van der Waals surface area contributed by atoms with E-state index in [2.05, 4.69) is 28.9 Å². The number of rotatable bonds is 6. The molecule has 3 rings (SSSR count). The highest BCUT2D eigenvalue weighted by atomic mass is 16.5. The number of benzene rings is 1. The Balaban J connectivity index is 1.73. The minimum absolute atomic E-state index is 0.158. The van der Waals surface area contributed by atoms with Crippen LogP contribution in [0.5, 0.6) is 5.75 Å². The van der Waals surface area contributed by atoms with Crippen molar-refractivity contribution in [2.24, 2.45) is 4.99 Å². The van der Waals surface area contributed by atoms with Gasteiger partial charge in [0, 0.05) is 29.9 Å². The molecule has 1 fully saturated rings. The fourth-order valence-electron chi connectivity index (χ4n) is 3.88. The van der Waals surface area contributed by atoms with E-state index in [4.69, 9.17) is 4.74 Å². The predicted octanol–water partition coefficient (Wildman–Crippen LogP) is 3.37. The maximum Gasteiger partial charge on any atom is 0.337 e. The van der Waals surface area contributed by atoms with E-state index in [1.807, 2.05) is 18.2 Å². The molecule has 2 aliphatic rings. The SMILES string of the molecule is C=N/C=C\C(C(=O)O)=C(/C)NC[C@H]1CCOc2cc(C#CC3(O)CCCC3)ccc21. The number of hydrogen-bond donors (Lipinski definition) is 3. The minimum Gasteiger partial charge on any atom is -0.493 e. The highest BCUT2D eigenvalue weighted by molar-refractivity contribution is 5.90. The summed E-state index contributed by atoms with van der Waals surface area (Å²) in [6, 6.07) is 5.90. The molecular formula is C24H28N2O4. The molecule has 1 saturated carbocycles. The molecule has 6 nitrogen and oxygen atoms in total. The molecule has 158 valence electrons. The Bertz CT molecular complexity index is 930. The van der Waals surface area contributed by atoms with Crippen LogP contribution in [-0.4, -0.2) is 41.7 Å². The highest BCUT2D eigenvalue weighted by Gasteiger charge is 2.28. The fraction of sp³-hybridized carbons (Fsp3) is 0.417. The molecule has 1 aromatic carbocycles. The van der Waals surface area contributed by atoms with Crippen molar-refractivity contribution < 1.29 is 19.7 Å². The van der Waals surface area contributed by atoms with Crippen LogP contribution in [0, 0.1) is 11.8 Å². The molecule has 1 aliphatic carbocycles. The molecule has 6 heteroatoms. The number of carboxylic acids is 1. The second-order valence-corrected chi connectivity index (χ2v) is 7.80. The summed E-state index contributed by atoms with van der Waals surface area (Å²) in [6.07, 6.45) is 7.14. The first-order chi connectivity index (χ1) is 14.4. The van der Waals surface area contributed by atoms with E-state index < -0.39 is 11.6 Å². The summed E-state index contributed by atoms with van der Waals surface area (Å²) in [6.45, 7) is 6.26. The molecule has 30 heavy (non-hydrogen) atoms. The van der Waals surface area contributed by atoms with E-state index in [0.29, 0.717) is 18.8 Å². The maximum absolute atomic E-state index is 11.5. The molecule has 0 amide bonds. The second-order valence-electron chi connectivity index (χ2n) is 7.80. The van der Waals surface area contributed by atoms with Gasteiger partial charge < -0.3 is 20.3 Å². The lowest BCUT2D eigenvalue weighted by Gasteiger charge is -2.27. The van der Waals surface area contributed by atoms with Gasteiger partial charge in [0.25, 0.3) is 0 Å². The number of nitrogens with one attached hydrogen (secondary N) is 1. The Labute approximate surface area is 177 Å². The van der Waals surface area contributed by atoms with Gasteiger partial charge in [-0.25, -0.2) is 4.79 Å². The summed E-state index contributed by atoms with van der Waals surface area (Å²) in [7, 11) is 0. The quantitative estimate of drug-likeness (QED) is 0.291. The molecule has 0 radical (unpaired) electrons. The Morgan fingerprint density at radius 3 is 2.90 bits per heavy atom. The van der Waals surface area contributed by atoms with Gasteiger partial charge in [0.15, 0.2) is 0 Å². The average molecular weight is 408 g/mol. The normalized spacial score (nSPS) is 20.4. The Morgan fingerprint density at radius 2 is 2.20 bits per heavy atom. The molecule has 0 saturated heterocycles. The van der Waals surface area contributed by atoms with Gasteiger partial charge in [-0.3, -0.25) is 4.99 Å². The maximum atomic E-state index is 11.5. The number of carbonyl (C=O) groups is 1. The molecule has 0 spiro atoms. The van der Waals surface area contributed by atoms with Crippen molar-refractivity contribution in [3.8, 4) is 17.6 Å². The number of hydrogen-bond acceptors (Lipinski definition) is 5. The van der Waals surface area contributed by atoms with E-state index in [1.54, 1.807) is 6.92 Å². The third-order valence-electron chi connectivity index (χ3n) is 5.64. The van der Waals surface area contributed by atoms with Gasteiger partial charge in [0.2, 0.25) is 0 Å². The summed E-state index contributed by atoms with van der Waals surface area (Å²) in [5, 5.41) is 23.0. The number of ether oxygens (including phenoxy) is 1. The van der Waals surface area contributed by atoms with E-state index in [1.165, 1.54) is 12.3 Å². The number of nitrogens with zero attached hydrogens (tertiary/aromatic N) is 1. The summed E-state index contributed by atoms with van der Waals surface area (Å²) in [5.41, 5.74) is 1.78. The van der Waals surface area contributed by atoms with Crippen LogP contribution in [0.3, 0.4) is 0 Å². The van der Waals surface area contributed by atoms with Crippen molar-refractivity contribution in [1.82, 2.24) is 5.32 Å². The van der Waals surface area contributed by atoms with Crippen molar-refractivity contribution in [1.29, 1.82) is 0 Å². The molecular weight excluding hydrogens is 380 g/mol. The first kappa shape index (κ1) is 21.7. The van der Waals surface area contributed by atoms with Crippen molar-refractivity contribution in [2.75, 3.05) is 13.2 Å². The lowest BCUT2D eigenvalue weighted by Crippen LogP contribution is -2.26. The Kier molecular flexibility index (Phi) is 6.96. The molecule has 1 aromatic rings. The number of carboxylic acid groups (broad SMARTS) is 1. The zero-order valence-corrected chi connectivity index (χ0v) is 17.3. The first-order valence-corrected chi connectivity index (χ1v) is 10.2. The fourth-order valence-corrected chi connectivity index (χ4v) is 3.88. The molecule has 1 aliphatic heterocycles. The van der Waals surface area contributed by atoms with Crippen molar-refractivity contribution in [3.63, 3.8) is 0 Å². The molecule has 1 atom stereocenters. The van der Waals surface area contributed by atoms with Crippen molar-refractivity contribution in [2.45, 2.75) is 50.5 Å². The van der Waals surface area contributed by atoms with Crippen LogP contribution in [0.1, 0.15) is 56.1 Å². The van der Waals surface area contributed by atoms with E-state index in [9.17, 15) is 15.0 Å². The first-order valence-electron chi connectivity index (χ1n) is 10.2. The lowest BCUT2D eigenvalue weighted by molar-refractivity contribution is -0.132. The number of fused-ring (bicyclic) bond motifs is 1. The van der Waals surface area contributed by atoms with Crippen LogP contribution in [0.15, 0.2) is 46.7 Å².